The summed E-state index contributed by atoms with van der Waals surface area (Å²) >= 11 is 0. The van der Waals surface area contributed by atoms with Gasteiger partial charge in [-0.15, -0.1) is 0 Å². The zero-order chi connectivity index (χ0) is 26.2. The molecule has 0 unspecified atom stereocenters. The molecule has 0 bridgehead atoms. The van der Waals surface area contributed by atoms with Crippen molar-refractivity contribution in [1.82, 2.24) is 0 Å². The number of hydrogen-bond acceptors (Lipinski definition) is 4. The van der Waals surface area contributed by atoms with Crippen molar-refractivity contribution >= 4 is 27.3 Å². The molecule has 188 valence electrons. The second-order valence-corrected chi connectivity index (χ2v) is 11.1. The van der Waals surface area contributed by atoms with Gasteiger partial charge in [-0.25, -0.2) is 12.7 Å². The maximum absolute atomic E-state index is 14.3. The highest BCUT2D eigenvalue weighted by Gasteiger charge is 2.56. The first kappa shape index (κ1) is 24.6. The van der Waals surface area contributed by atoms with Gasteiger partial charge < -0.3 is 4.74 Å². The largest absolute Gasteiger partial charge is 0.476 e. The Morgan fingerprint density at radius 2 is 1.38 bits per heavy atom. The Bertz CT molecular complexity index is 1540. The number of sulfonamides is 1. The standard InChI is InChI=1S/C30H28N2O4S/c1-21-15-17-27(18-16-21)37(34,35)32(25-12-8-10-23(3)20-25)29-28(36-26-13-5-4-6-14-26)30(33)31(29)24-11-7-9-22(2)19-24/h4-20,28-29H,1-3H3/t28-,29+/m0/s1. The summed E-state index contributed by atoms with van der Waals surface area (Å²) in [5, 5.41) is 0. The molecule has 7 heteroatoms. The van der Waals surface area contributed by atoms with Gasteiger partial charge in [-0.3, -0.25) is 9.69 Å². The molecule has 37 heavy (non-hydrogen) atoms. The van der Waals surface area contributed by atoms with Crippen molar-refractivity contribution in [2.24, 2.45) is 0 Å². The van der Waals surface area contributed by atoms with E-state index in [-0.39, 0.29) is 10.8 Å². The lowest BCUT2D eigenvalue weighted by Gasteiger charge is -2.51. The molecular weight excluding hydrogens is 484 g/mol. The van der Waals surface area contributed by atoms with Crippen molar-refractivity contribution in [3.05, 3.63) is 120 Å². The first-order chi connectivity index (χ1) is 17.8. The number of β-lactam (4-membered cyclic amide) rings is 1. The van der Waals surface area contributed by atoms with Gasteiger partial charge in [0, 0.05) is 5.69 Å². The monoisotopic (exact) mass is 512 g/mol. The molecule has 1 saturated heterocycles. The van der Waals surface area contributed by atoms with Gasteiger partial charge in [0.1, 0.15) is 5.75 Å². The molecule has 1 aliphatic rings. The van der Waals surface area contributed by atoms with Gasteiger partial charge in [0.2, 0.25) is 6.10 Å². The molecule has 1 amide bonds. The summed E-state index contributed by atoms with van der Waals surface area (Å²) in [7, 11) is -4.09. The SMILES string of the molecule is Cc1ccc(S(=O)(=O)N(c2cccc(C)c2)[C@@H]2[C@H](Oc3ccccc3)C(=O)N2c2cccc(C)c2)cc1. The number of para-hydroxylation sites is 1. The lowest BCUT2D eigenvalue weighted by Crippen LogP contribution is -2.74. The van der Waals surface area contributed by atoms with Crippen LogP contribution in [0, 0.1) is 20.8 Å². The summed E-state index contributed by atoms with van der Waals surface area (Å²) in [6, 6.07) is 30.5. The number of amides is 1. The fourth-order valence-corrected chi connectivity index (χ4v) is 6.10. The summed E-state index contributed by atoms with van der Waals surface area (Å²) in [4.78, 5) is 15.2. The van der Waals surface area contributed by atoms with E-state index in [1.807, 2.05) is 81.4 Å². The molecule has 1 fully saturated rings. The molecule has 0 aliphatic carbocycles. The third-order valence-corrected chi connectivity index (χ3v) is 8.19. The molecule has 1 aliphatic heterocycles. The number of anilines is 2. The highest BCUT2D eigenvalue weighted by atomic mass is 32.2. The molecule has 1 heterocycles. The van der Waals surface area contributed by atoms with Crippen LogP contribution in [-0.2, 0) is 14.8 Å². The predicted octanol–water partition coefficient (Wildman–Crippen LogP) is 5.63. The molecule has 2 atom stereocenters. The lowest BCUT2D eigenvalue weighted by molar-refractivity contribution is -0.134. The summed E-state index contributed by atoms with van der Waals surface area (Å²) in [6.45, 7) is 5.74. The molecule has 0 spiro atoms. The lowest BCUT2D eigenvalue weighted by atomic mass is 10.0. The van der Waals surface area contributed by atoms with Gasteiger partial charge in [-0.2, -0.15) is 0 Å². The third-order valence-electron chi connectivity index (χ3n) is 6.38. The number of rotatable bonds is 7. The molecular formula is C30H28N2O4S. The van der Waals surface area contributed by atoms with Gasteiger partial charge in [-0.1, -0.05) is 60.2 Å². The Labute approximate surface area is 217 Å². The van der Waals surface area contributed by atoms with Crippen LogP contribution in [-0.4, -0.2) is 26.6 Å². The summed E-state index contributed by atoms with van der Waals surface area (Å²) < 4.78 is 36.0. The molecule has 0 saturated carbocycles. The van der Waals surface area contributed by atoms with Crippen LogP contribution in [0.4, 0.5) is 11.4 Å². The zero-order valence-electron chi connectivity index (χ0n) is 20.9. The number of ether oxygens (including phenoxy) is 1. The smallest absolute Gasteiger partial charge is 0.274 e. The van der Waals surface area contributed by atoms with Crippen LogP contribution < -0.4 is 13.9 Å². The van der Waals surface area contributed by atoms with E-state index in [1.54, 1.807) is 42.5 Å². The van der Waals surface area contributed by atoms with E-state index in [0.717, 1.165) is 16.7 Å². The Morgan fingerprint density at radius 1 is 0.730 bits per heavy atom. The Morgan fingerprint density at radius 3 is 2.03 bits per heavy atom. The van der Waals surface area contributed by atoms with Crippen LogP contribution >= 0.6 is 0 Å². The molecule has 5 rings (SSSR count). The summed E-state index contributed by atoms with van der Waals surface area (Å²) in [6.07, 6.45) is -1.98. The van der Waals surface area contributed by atoms with E-state index in [9.17, 15) is 13.2 Å². The quantitative estimate of drug-likeness (QED) is 0.301. The predicted molar refractivity (Wildman–Crippen MR) is 145 cm³/mol. The minimum atomic E-state index is -4.09. The van der Waals surface area contributed by atoms with Crippen molar-refractivity contribution < 1.29 is 17.9 Å². The van der Waals surface area contributed by atoms with Crippen molar-refractivity contribution in [2.45, 2.75) is 37.9 Å². The van der Waals surface area contributed by atoms with Crippen molar-refractivity contribution in [1.29, 1.82) is 0 Å². The fourth-order valence-electron chi connectivity index (χ4n) is 4.51. The van der Waals surface area contributed by atoms with Gasteiger partial charge in [0.05, 0.1) is 10.6 Å². The van der Waals surface area contributed by atoms with Crippen LogP contribution in [0.5, 0.6) is 5.75 Å². The third kappa shape index (κ3) is 4.70. The highest BCUT2D eigenvalue weighted by Crippen LogP contribution is 2.39. The number of hydrogen-bond donors (Lipinski definition) is 0. The Kier molecular flexibility index (Phi) is 6.48. The highest BCUT2D eigenvalue weighted by molar-refractivity contribution is 7.92. The summed E-state index contributed by atoms with van der Waals surface area (Å²) in [5.41, 5.74) is 3.87. The number of carbonyl (C=O) groups is 1. The van der Waals surface area contributed by atoms with Crippen molar-refractivity contribution in [3.63, 3.8) is 0 Å². The average Bonchev–Trinajstić information content (AvgIpc) is 2.88. The second-order valence-electron chi connectivity index (χ2n) is 9.27. The van der Waals surface area contributed by atoms with Crippen LogP contribution in [0.1, 0.15) is 16.7 Å². The number of benzene rings is 4. The molecule has 4 aromatic carbocycles. The second kappa shape index (κ2) is 9.75. The minimum Gasteiger partial charge on any atom is -0.476 e. The normalized spacial score (nSPS) is 17.3. The minimum absolute atomic E-state index is 0.140. The molecule has 6 nitrogen and oxygen atoms in total. The molecule has 0 radical (unpaired) electrons. The zero-order valence-corrected chi connectivity index (χ0v) is 21.7. The number of nitrogens with zero attached hydrogens (tertiary/aromatic N) is 2. The van der Waals surface area contributed by atoms with Gasteiger partial charge in [0.25, 0.3) is 15.9 Å². The molecule has 4 aromatic rings. The van der Waals surface area contributed by atoms with Crippen LogP contribution in [0.15, 0.2) is 108 Å². The fraction of sp³-hybridized carbons (Fsp3) is 0.167. The maximum Gasteiger partial charge on any atom is 0.274 e. The average molecular weight is 513 g/mol. The van der Waals surface area contributed by atoms with E-state index in [1.165, 1.54) is 9.21 Å². The molecule has 0 N–H and O–H groups in total. The van der Waals surface area contributed by atoms with Crippen LogP contribution in [0.25, 0.3) is 0 Å². The topological polar surface area (TPSA) is 66.9 Å². The first-order valence-electron chi connectivity index (χ1n) is 12.0. The van der Waals surface area contributed by atoms with E-state index in [4.69, 9.17) is 4.74 Å². The maximum atomic E-state index is 14.3. The van der Waals surface area contributed by atoms with Gasteiger partial charge in [-0.05, 0) is 80.4 Å². The molecule has 0 aromatic heterocycles. The summed E-state index contributed by atoms with van der Waals surface area (Å²) in [5.74, 6) is 0.183. The van der Waals surface area contributed by atoms with Crippen molar-refractivity contribution in [2.75, 3.05) is 9.21 Å². The Hall–Kier alpha value is -4.10. The van der Waals surface area contributed by atoms with E-state index >= 15 is 0 Å². The van der Waals surface area contributed by atoms with Crippen molar-refractivity contribution in [3.8, 4) is 5.75 Å². The van der Waals surface area contributed by atoms with E-state index in [0.29, 0.717) is 17.1 Å². The number of aryl methyl sites for hydroxylation is 3. The van der Waals surface area contributed by atoms with Gasteiger partial charge in [0.15, 0.2) is 6.17 Å². The number of carbonyl (C=O) groups excluding carboxylic acids is 1. The van der Waals surface area contributed by atoms with Crippen LogP contribution in [0.2, 0.25) is 0 Å². The first-order valence-corrected chi connectivity index (χ1v) is 13.5. The van der Waals surface area contributed by atoms with E-state index in [2.05, 4.69) is 0 Å². The van der Waals surface area contributed by atoms with E-state index < -0.39 is 22.3 Å². The Balaban J connectivity index is 1.68. The van der Waals surface area contributed by atoms with Crippen LogP contribution in [0.3, 0.4) is 0 Å². The van der Waals surface area contributed by atoms with Gasteiger partial charge >= 0.3 is 0 Å².